The van der Waals surface area contributed by atoms with E-state index in [-0.39, 0.29) is 0 Å². The average Bonchev–Trinajstić information content (AvgIpc) is 2.26. The van der Waals surface area contributed by atoms with Crippen molar-refractivity contribution in [2.24, 2.45) is 0 Å². The summed E-state index contributed by atoms with van der Waals surface area (Å²) in [5, 5.41) is 11.9. The molecule has 3 heteroatoms. The number of carboxylic acid groups (broad SMARTS) is 1. The van der Waals surface area contributed by atoms with Crippen molar-refractivity contribution in [2.45, 2.75) is 13.0 Å². The quantitative estimate of drug-likeness (QED) is 0.715. The van der Waals surface area contributed by atoms with Crippen LogP contribution in [0.3, 0.4) is 0 Å². The molecule has 0 unspecified atom stereocenters. The molecular formula is C12H13NO2. The maximum absolute atomic E-state index is 10.4. The third kappa shape index (κ3) is 2.25. The number of rotatable bonds is 2. The van der Waals surface area contributed by atoms with Crippen LogP contribution in [0.25, 0.3) is 6.08 Å². The Hall–Kier alpha value is -1.61. The lowest BCUT2D eigenvalue weighted by Gasteiger charge is -2.18. The molecule has 2 N–H and O–H groups in total. The SMILES string of the molecule is O=C(O)/C=C/c1cccc2c1CCNC2. The van der Waals surface area contributed by atoms with Crippen molar-refractivity contribution >= 4 is 12.0 Å². The van der Waals surface area contributed by atoms with Gasteiger partial charge < -0.3 is 10.4 Å². The maximum Gasteiger partial charge on any atom is 0.328 e. The molecule has 0 saturated carbocycles. The molecule has 1 heterocycles. The molecular weight excluding hydrogens is 190 g/mol. The first kappa shape index (κ1) is 9.93. The fraction of sp³-hybridized carbons (Fsp3) is 0.250. The van der Waals surface area contributed by atoms with Crippen LogP contribution in [-0.4, -0.2) is 17.6 Å². The number of aliphatic carboxylic acids is 1. The van der Waals surface area contributed by atoms with Gasteiger partial charge in [-0.1, -0.05) is 18.2 Å². The van der Waals surface area contributed by atoms with Gasteiger partial charge in [0.25, 0.3) is 0 Å². The lowest BCUT2D eigenvalue weighted by atomic mass is 9.95. The summed E-state index contributed by atoms with van der Waals surface area (Å²) in [7, 11) is 0. The summed E-state index contributed by atoms with van der Waals surface area (Å²) in [5.41, 5.74) is 3.57. The molecule has 0 aliphatic carbocycles. The summed E-state index contributed by atoms with van der Waals surface area (Å²) in [4.78, 5) is 10.4. The van der Waals surface area contributed by atoms with Gasteiger partial charge in [-0.15, -0.1) is 0 Å². The van der Waals surface area contributed by atoms with Gasteiger partial charge >= 0.3 is 5.97 Å². The van der Waals surface area contributed by atoms with Crippen molar-refractivity contribution in [3.8, 4) is 0 Å². The van der Waals surface area contributed by atoms with E-state index < -0.39 is 5.97 Å². The van der Waals surface area contributed by atoms with E-state index in [0.29, 0.717) is 0 Å². The maximum atomic E-state index is 10.4. The van der Waals surface area contributed by atoms with Crippen LogP contribution < -0.4 is 5.32 Å². The number of fused-ring (bicyclic) bond motifs is 1. The van der Waals surface area contributed by atoms with Gasteiger partial charge in [-0.3, -0.25) is 0 Å². The van der Waals surface area contributed by atoms with Crippen molar-refractivity contribution in [1.82, 2.24) is 5.32 Å². The molecule has 2 rings (SSSR count). The van der Waals surface area contributed by atoms with Gasteiger partial charge in [-0.05, 0) is 35.7 Å². The third-order valence-electron chi connectivity index (χ3n) is 2.58. The van der Waals surface area contributed by atoms with E-state index in [1.165, 1.54) is 17.2 Å². The van der Waals surface area contributed by atoms with Crippen LogP contribution in [0, 0.1) is 0 Å². The Kier molecular flexibility index (Phi) is 2.83. The first-order valence-electron chi connectivity index (χ1n) is 5.00. The minimum atomic E-state index is -0.901. The second kappa shape index (κ2) is 4.28. The van der Waals surface area contributed by atoms with Crippen molar-refractivity contribution in [1.29, 1.82) is 0 Å². The zero-order valence-corrected chi connectivity index (χ0v) is 8.36. The van der Waals surface area contributed by atoms with Crippen LogP contribution >= 0.6 is 0 Å². The lowest BCUT2D eigenvalue weighted by molar-refractivity contribution is -0.131. The smallest absolute Gasteiger partial charge is 0.328 e. The van der Waals surface area contributed by atoms with Crippen LogP contribution in [0.4, 0.5) is 0 Å². The number of hydrogen-bond acceptors (Lipinski definition) is 2. The molecule has 15 heavy (non-hydrogen) atoms. The highest BCUT2D eigenvalue weighted by Gasteiger charge is 2.10. The summed E-state index contributed by atoms with van der Waals surface area (Å²) in [6, 6.07) is 6.01. The first-order chi connectivity index (χ1) is 7.27. The molecule has 1 aliphatic heterocycles. The van der Waals surface area contributed by atoms with E-state index in [1.54, 1.807) is 6.08 Å². The Balaban J connectivity index is 2.35. The fourth-order valence-electron chi connectivity index (χ4n) is 1.88. The number of hydrogen-bond donors (Lipinski definition) is 2. The number of carboxylic acids is 1. The molecule has 0 fully saturated rings. The largest absolute Gasteiger partial charge is 0.478 e. The highest BCUT2D eigenvalue weighted by molar-refractivity contribution is 5.85. The van der Waals surface area contributed by atoms with Gasteiger partial charge in [0.2, 0.25) is 0 Å². The molecule has 0 amide bonds. The van der Waals surface area contributed by atoms with Gasteiger partial charge in [0, 0.05) is 12.6 Å². The molecule has 0 bridgehead atoms. The van der Waals surface area contributed by atoms with Crippen LogP contribution in [0.1, 0.15) is 16.7 Å². The molecule has 0 radical (unpaired) electrons. The molecule has 78 valence electrons. The monoisotopic (exact) mass is 203 g/mol. The highest BCUT2D eigenvalue weighted by Crippen LogP contribution is 2.19. The van der Waals surface area contributed by atoms with Crippen molar-refractivity contribution in [2.75, 3.05) is 6.54 Å². The number of nitrogens with one attached hydrogen (secondary N) is 1. The second-order valence-corrected chi connectivity index (χ2v) is 3.58. The molecule has 1 aliphatic rings. The zero-order chi connectivity index (χ0) is 10.7. The number of benzene rings is 1. The molecule has 1 aromatic rings. The van der Waals surface area contributed by atoms with Crippen LogP contribution in [0.15, 0.2) is 24.3 Å². The molecule has 0 saturated heterocycles. The summed E-state index contributed by atoms with van der Waals surface area (Å²) < 4.78 is 0. The van der Waals surface area contributed by atoms with Crippen molar-refractivity contribution < 1.29 is 9.90 Å². The van der Waals surface area contributed by atoms with Gasteiger partial charge in [0.05, 0.1) is 0 Å². The van der Waals surface area contributed by atoms with E-state index in [0.717, 1.165) is 25.1 Å². The minimum absolute atomic E-state index is 0.879. The summed E-state index contributed by atoms with van der Waals surface area (Å²) in [6.07, 6.45) is 3.83. The summed E-state index contributed by atoms with van der Waals surface area (Å²) in [6.45, 7) is 1.84. The Morgan fingerprint density at radius 2 is 2.33 bits per heavy atom. The van der Waals surface area contributed by atoms with Crippen LogP contribution in [0.2, 0.25) is 0 Å². The van der Waals surface area contributed by atoms with E-state index in [4.69, 9.17) is 5.11 Å². The second-order valence-electron chi connectivity index (χ2n) is 3.58. The Bertz CT molecular complexity index is 410. The van der Waals surface area contributed by atoms with E-state index >= 15 is 0 Å². The molecule has 0 aromatic heterocycles. The zero-order valence-electron chi connectivity index (χ0n) is 8.36. The van der Waals surface area contributed by atoms with Crippen molar-refractivity contribution in [3.05, 3.63) is 41.0 Å². The Morgan fingerprint density at radius 1 is 1.47 bits per heavy atom. The topological polar surface area (TPSA) is 49.3 Å². The van der Waals surface area contributed by atoms with Gasteiger partial charge in [-0.25, -0.2) is 4.79 Å². The fourth-order valence-corrected chi connectivity index (χ4v) is 1.88. The lowest BCUT2D eigenvalue weighted by Crippen LogP contribution is -2.24. The standard InChI is InChI=1S/C12H13NO2/c14-12(15)5-4-9-2-1-3-10-8-13-7-6-11(9)10/h1-5,13H,6-8H2,(H,14,15)/b5-4+. The third-order valence-corrected chi connectivity index (χ3v) is 2.58. The van der Waals surface area contributed by atoms with Crippen LogP contribution in [-0.2, 0) is 17.8 Å². The Morgan fingerprint density at radius 3 is 3.13 bits per heavy atom. The Labute approximate surface area is 88.4 Å². The summed E-state index contributed by atoms with van der Waals surface area (Å²) in [5.74, 6) is -0.901. The predicted molar refractivity (Wildman–Crippen MR) is 58.5 cm³/mol. The molecule has 1 aromatic carbocycles. The van der Waals surface area contributed by atoms with E-state index in [9.17, 15) is 4.79 Å². The molecule has 3 nitrogen and oxygen atoms in total. The predicted octanol–water partition coefficient (Wildman–Crippen LogP) is 1.43. The van der Waals surface area contributed by atoms with E-state index in [2.05, 4.69) is 11.4 Å². The molecule has 0 spiro atoms. The van der Waals surface area contributed by atoms with Gasteiger partial charge in [0.1, 0.15) is 0 Å². The average molecular weight is 203 g/mol. The van der Waals surface area contributed by atoms with Crippen molar-refractivity contribution in [3.63, 3.8) is 0 Å². The molecule has 0 atom stereocenters. The van der Waals surface area contributed by atoms with E-state index in [1.807, 2.05) is 12.1 Å². The van der Waals surface area contributed by atoms with Crippen LogP contribution in [0.5, 0.6) is 0 Å². The first-order valence-corrected chi connectivity index (χ1v) is 5.00. The summed E-state index contributed by atoms with van der Waals surface area (Å²) >= 11 is 0. The number of carbonyl (C=O) groups is 1. The minimum Gasteiger partial charge on any atom is -0.478 e. The van der Waals surface area contributed by atoms with Gasteiger partial charge in [-0.2, -0.15) is 0 Å². The highest BCUT2D eigenvalue weighted by atomic mass is 16.4. The van der Waals surface area contributed by atoms with Gasteiger partial charge in [0.15, 0.2) is 0 Å². The normalized spacial score (nSPS) is 15.2.